The van der Waals surface area contributed by atoms with Crippen molar-refractivity contribution in [3.05, 3.63) is 103 Å². The van der Waals surface area contributed by atoms with Crippen molar-refractivity contribution in [2.75, 3.05) is 16.8 Å². The fraction of sp³-hybridized carbons (Fsp3) is 0.294. The van der Waals surface area contributed by atoms with E-state index in [2.05, 4.69) is 10.3 Å². The van der Waals surface area contributed by atoms with Crippen molar-refractivity contribution in [2.45, 2.75) is 28.8 Å². The molecule has 0 radical (unpaired) electrons. The predicted octanol–water partition coefficient (Wildman–Crippen LogP) is 6.80. The Bertz CT molecular complexity index is 2030. The number of thiazole rings is 1. The number of thioether (sulfide) groups is 1. The van der Waals surface area contributed by atoms with E-state index in [0.29, 0.717) is 16.5 Å². The molecule has 1 saturated heterocycles. The molecule has 3 aromatic carbocycles. The van der Waals surface area contributed by atoms with E-state index in [4.69, 9.17) is 16.3 Å². The molecular formula is C34H25ClF3N3O5S2. The fourth-order valence-corrected chi connectivity index (χ4v) is 11.2. The molecule has 48 heavy (non-hydrogen) atoms. The molecular weight excluding hydrogens is 687 g/mol. The third-order valence-electron chi connectivity index (χ3n) is 9.87. The van der Waals surface area contributed by atoms with Crippen LogP contribution >= 0.6 is 34.7 Å². The summed E-state index contributed by atoms with van der Waals surface area (Å²) >= 11 is 8.78. The first-order valence-electron chi connectivity index (χ1n) is 15.2. The van der Waals surface area contributed by atoms with E-state index in [1.807, 2.05) is 6.07 Å². The zero-order chi connectivity index (χ0) is 33.5. The highest BCUT2D eigenvalue weighted by Gasteiger charge is 2.69. The maximum Gasteiger partial charge on any atom is 0.416 e. The number of fused-ring (bicyclic) bond motifs is 9. The number of imide groups is 1. The molecule has 3 amide bonds. The van der Waals surface area contributed by atoms with Crippen LogP contribution in [0.1, 0.15) is 28.3 Å². The van der Waals surface area contributed by atoms with Gasteiger partial charge in [-0.15, -0.1) is 11.8 Å². The highest BCUT2D eigenvalue weighted by molar-refractivity contribution is 8.00. The van der Waals surface area contributed by atoms with Crippen molar-refractivity contribution in [2.24, 2.45) is 29.6 Å². The SMILES string of the molecule is O=C(COc1cccc([C@H]2c3sc(=O)[nH]c3SC3C2[C@H]2C[C@@H]3C3C(=O)N(c4ccc(Cl)cc4)C(=O)C32)c1)Nc1cccc(C(F)(F)F)c1. The zero-order valence-corrected chi connectivity index (χ0v) is 27.1. The van der Waals surface area contributed by atoms with Crippen LogP contribution in [0.3, 0.4) is 0 Å². The maximum atomic E-state index is 13.9. The Morgan fingerprint density at radius 2 is 1.71 bits per heavy atom. The van der Waals surface area contributed by atoms with Crippen LogP contribution in [0.15, 0.2) is 82.6 Å². The number of carbonyl (C=O) groups is 3. The molecule has 3 heterocycles. The molecule has 8 rings (SSSR count). The molecule has 4 aromatic rings. The molecule has 2 aliphatic heterocycles. The number of nitrogens with zero attached hydrogens (tertiary/aromatic N) is 1. The van der Waals surface area contributed by atoms with Crippen molar-refractivity contribution >= 4 is 63.8 Å². The van der Waals surface area contributed by atoms with Crippen LogP contribution < -0.4 is 19.8 Å². The second-order valence-electron chi connectivity index (χ2n) is 12.4. The summed E-state index contributed by atoms with van der Waals surface area (Å²) in [5, 5.41) is 3.70. The Morgan fingerprint density at radius 3 is 2.46 bits per heavy atom. The van der Waals surface area contributed by atoms with Crippen LogP contribution in [0.4, 0.5) is 24.5 Å². The predicted molar refractivity (Wildman–Crippen MR) is 174 cm³/mol. The molecule has 1 aromatic heterocycles. The van der Waals surface area contributed by atoms with Crippen LogP contribution in [0.5, 0.6) is 5.75 Å². The van der Waals surface area contributed by atoms with Gasteiger partial charge in [0.05, 0.1) is 28.1 Å². The normalized spacial score (nSPS) is 27.1. The largest absolute Gasteiger partial charge is 0.484 e. The van der Waals surface area contributed by atoms with E-state index in [0.717, 1.165) is 45.4 Å². The lowest BCUT2D eigenvalue weighted by molar-refractivity contribution is -0.137. The lowest BCUT2D eigenvalue weighted by Crippen LogP contribution is -2.42. The quantitative estimate of drug-likeness (QED) is 0.213. The number of alkyl halides is 3. The van der Waals surface area contributed by atoms with E-state index in [9.17, 15) is 32.3 Å². The summed E-state index contributed by atoms with van der Waals surface area (Å²) in [6.45, 7) is -0.444. The number of benzene rings is 3. The van der Waals surface area contributed by atoms with E-state index >= 15 is 0 Å². The number of H-pyrrole nitrogens is 1. The van der Waals surface area contributed by atoms with Gasteiger partial charge in [-0.2, -0.15) is 13.2 Å². The Kier molecular flexibility index (Phi) is 7.49. The smallest absolute Gasteiger partial charge is 0.416 e. The summed E-state index contributed by atoms with van der Waals surface area (Å²) in [6.07, 6.45) is -3.82. The average Bonchev–Trinajstić information content (AvgIpc) is 3.79. The summed E-state index contributed by atoms with van der Waals surface area (Å²) in [7, 11) is 0. The minimum atomic E-state index is -4.54. The Hall–Kier alpha value is -4.07. The molecule has 2 bridgehead atoms. The number of aromatic amines is 1. The summed E-state index contributed by atoms with van der Waals surface area (Å²) in [4.78, 5) is 57.9. The minimum Gasteiger partial charge on any atom is -0.484 e. The van der Waals surface area contributed by atoms with Gasteiger partial charge in [-0.05, 0) is 84.3 Å². The van der Waals surface area contributed by atoms with Gasteiger partial charge in [0, 0.05) is 26.8 Å². The van der Waals surface area contributed by atoms with Gasteiger partial charge >= 0.3 is 11.0 Å². The molecule has 7 atom stereocenters. The molecule has 2 saturated carbocycles. The van der Waals surface area contributed by atoms with Gasteiger partial charge in [0.1, 0.15) is 5.75 Å². The topological polar surface area (TPSA) is 109 Å². The van der Waals surface area contributed by atoms with Gasteiger partial charge in [0.25, 0.3) is 5.91 Å². The lowest BCUT2D eigenvalue weighted by Gasteiger charge is -2.43. The Morgan fingerprint density at radius 1 is 0.979 bits per heavy atom. The number of hydrogen-bond acceptors (Lipinski definition) is 7. The molecule has 4 unspecified atom stereocenters. The lowest BCUT2D eigenvalue weighted by atomic mass is 9.68. The zero-order valence-electron chi connectivity index (χ0n) is 24.7. The minimum absolute atomic E-state index is 0.00280. The van der Waals surface area contributed by atoms with Gasteiger partial charge in [0.2, 0.25) is 11.8 Å². The standard InChI is InChI=1S/C34H25ClF3N3O5S2/c35-17-7-9-19(10-8-17)41-31(43)26-21-13-22(27(26)32(41)44)28-25(21)24(29-30(47-28)40-33(45)48-29)15-3-1-6-20(11-15)46-14-23(42)39-18-5-2-4-16(12-18)34(36,37)38/h1-12,21-22,24-28H,13-14H2,(H,39,42)(H,40,45)/t21-,22-,24-,25?,26?,27?,28?/m1/s1. The number of carbonyl (C=O) groups excluding carboxylic acids is 3. The van der Waals surface area contributed by atoms with Gasteiger partial charge in [-0.1, -0.05) is 41.1 Å². The van der Waals surface area contributed by atoms with Crippen LogP contribution in [0, 0.1) is 29.6 Å². The van der Waals surface area contributed by atoms with Crippen LogP contribution in [-0.2, 0) is 20.6 Å². The highest BCUT2D eigenvalue weighted by atomic mass is 35.5. The number of halogens is 4. The van der Waals surface area contributed by atoms with Gasteiger partial charge < -0.3 is 15.0 Å². The van der Waals surface area contributed by atoms with E-state index in [-0.39, 0.29) is 51.3 Å². The number of hydrogen-bond donors (Lipinski definition) is 2. The molecule has 0 spiro atoms. The summed E-state index contributed by atoms with van der Waals surface area (Å²) < 4.78 is 45.1. The Balaban J connectivity index is 1.06. The van der Waals surface area contributed by atoms with Crippen molar-refractivity contribution < 1.29 is 32.3 Å². The van der Waals surface area contributed by atoms with Crippen LogP contribution in [-0.4, -0.2) is 34.6 Å². The molecule has 246 valence electrons. The molecule has 14 heteroatoms. The van der Waals surface area contributed by atoms with E-state index in [1.54, 1.807) is 54.2 Å². The van der Waals surface area contributed by atoms with Crippen molar-refractivity contribution in [3.63, 3.8) is 0 Å². The van der Waals surface area contributed by atoms with Crippen molar-refractivity contribution in [1.29, 1.82) is 0 Å². The number of nitrogens with one attached hydrogen (secondary N) is 2. The first-order chi connectivity index (χ1) is 23.0. The number of amides is 3. The fourth-order valence-electron chi connectivity index (χ4n) is 8.15. The average molecular weight is 712 g/mol. The van der Waals surface area contributed by atoms with E-state index < -0.39 is 36.1 Å². The second kappa shape index (κ2) is 11.5. The first-order valence-corrected chi connectivity index (χ1v) is 17.3. The first kappa shape index (κ1) is 31.2. The van der Waals surface area contributed by atoms with Crippen molar-refractivity contribution in [3.8, 4) is 5.75 Å². The summed E-state index contributed by atoms with van der Waals surface area (Å²) in [5.41, 5.74) is 0.461. The van der Waals surface area contributed by atoms with Gasteiger partial charge in [0.15, 0.2) is 6.61 Å². The summed E-state index contributed by atoms with van der Waals surface area (Å²) in [6, 6.07) is 18.2. The van der Waals surface area contributed by atoms with Crippen LogP contribution in [0.2, 0.25) is 5.02 Å². The third kappa shape index (κ3) is 5.14. The monoisotopic (exact) mass is 711 g/mol. The third-order valence-corrected chi connectivity index (χ3v) is 12.7. The van der Waals surface area contributed by atoms with Gasteiger partial charge in [-0.3, -0.25) is 24.1 Å². The maximum absolute atomic E-state index is 13.9. The number of ether oxygens (including phenoxy) is 1. The van der Waals surface area contributed by atoms with Gasteiger partial charge in [-0.25, -0.2) is 0 Å². The Labute approximate surface area is 284 Å². The molecule has 8 nitrogen and oxygen atoms in total. The molecule has 3 fully saturated rings. The highest BCUT2D eigenvalue weighted by Crippen LogP contribution is 2.68. The number of aromatic nitrogens is 1. The molecule has 2 N–H and O–H groups in total. The molecule has 2 aliphatic carbocycles. The molecule has 4 aliphatic rings. The number of rotatable bonds is 6. The number of anilines is 2. The van der Waals surface area contributed by atoms with E-state index in [1.165, 1.54) is 17.0 Å². The van der Waals surface area contributed by atoms with Crippen molar-refractivity contribution in [1.82, 2.24) is 4.98 Å². The summed E-state index contributed by atoms with van der Waals surface area (Å²) in [5.74, 6) is -2.03. The second-order valence-corrected chi connectivity index (χ2v) is 15.1. The van der Waals surface area contributed by atoms with Crippen LogP contribution in [0.25, 0.3) is 0 Å².